The van der Waals surface area contributed by atoms with Crippen LogP contribution in [0.25, 0.3) is 32.8 Å². The van der Waals surface area contributed by atoms with Crippen molar-refractivity contribution in [1.82, 2.24) is 20.2 Å². The highest BCUT2D eigenvalue weighted by molar-refractivity contribution is 6.35. The molecular weight excluding hydrogens is 581 g/mol. The van der Waals surface area contributed by atoms with E-state index in [0.29, 0.717) is 35.5 Å². The fourth-order valence-corrected chi connectivity index (χ4v) is 7.62. The van der Waals surface area contributed by atoms with Crippen molar-refractivity contribution in [2.75, 3.05) is 44.2 Å². The Labute approximate surface area is 262 Å². The molecule has 0 amide bonds. The lowest BCUT2D eigenvalue weighted by molar-refractivity contribution is -0.0720. The van der Waals surface area contributed by atoms with Gasteiger partial charge >= 0.3 is 6.01 Å². The number of morpholine rings is 1. The number of nitrogens with one attached hydrogen (secondary N) is 1. The summed E-state index contributed by atoms with van der Waals surface area (Å²) >= 11 is 6.88. The smallest absolute Gasteiger partial charge is 0.319 e. The molecule has 0 radical (unpaired) electrons. The average molecular weight is 620 g/mol. The van der Waals surface area contributed by atoms with Crippen LogP contribution < -0.4 is 15.0 Å². The Hall–Kier alpha value is -3.24. The number of nitrogens with zero attached hydrogens (tertiary/aromatic N) is 4. The molecule has 3 aliphatic rings. The van der Waals surface area contributed by atoms with E-state index in [0.717, 1.165) is 56.3 Å². The summed E-state index contributed by atoms with van der Waals surface area (Å²) in [5.41, 5.74) is 0.868. The Morgan fingerprint density at radius 3 is 2.52 bits per heavy atom. The average Bonchev–Trinajstić information content (AvgIpc) is 3.32. The molecule has 7 rings (SSSR count). The molecule has 44 heavy (non-hydrogen) atoms. The van der Waals surface area contributed by atoms with Gasteiger partial charge in [0.25, 0.3) is 0 Å². The van der Waals surface area contributed by atoms with Gasteiger partial charge in [-0.3, -0.25) is 4.90 Å². The summed E-state index contributed by atoms with van der Waals surface area (Å²) in [4.78, 5) is 14.2. The van der Waals surface area contributed by atoms with E-state index in [4.69, 9.17) is 26.1 Å². The minimum atomic E-state index is -0.556. The Morgan fingerprint density at radius 1 is 1.05 bits per heavy atom. The van der Waals surface area contributed by atoms with Gasteiger partial charge in [-0.2, -0.15) is 9.97 Å². The topological polar surface area (TPSA) is 83.0 Å². The first-order chi connectivity index (χ1) is 21.2. The lowest BCUT2D eigenvalue weighted by Crippen LogP contribution is -2.51. The largest absolute Gasteiger partial charge is 0.508 e. The molecule has 2 unspecified atom stereocenters. The number of phenolic OH excluding ortho intramolecular Hbond substituents is 1. The zero-order chi connectivity index (χ0) is 30.5. The lowest BCUT2D eigenvalue weighted by Gasteiger charge is -2.36. The van der Waals surface area contributed by atoms with Crippen molar-refractivity contribution < 1.29 is 19.0 Å². The van der Waals surface area contributed by atoms with E-state index in [9.17, 15) is 5.11 Å². The second kappa shape index (κ2) is 11.9. The minimum absolute atomic E-state index is 0.0380. The van der Waals surface area contributed by atoms with Crippen LogP contribution in [0.4, 0.5) is 10.2 Å². The van der Waals surface area contributed by atoms with Crippen LogP contribution in [0, 0.1) is 11.7 Å². The van der Waals surface area contributed by atoms with Crippen LogP contribution in [0.3, 0.4) is 0 Å². The second-order valence-corrected chi connectivity index (χ2v) is 13.3. The number of hydrogen-bond donors (Lipinski definition) is 2. The summed E-state index contributed by atoms with van der Waals surface area (Å²) in [7, 11) is 0. The van der Waals surface area contributed by atoms with Crippen molar-refractivity contribution >= 4 is 39.1 Å². The number of benzene rings is 3. The Morgan fingerprint density at radius 2 is 1.77 bits per heavy atom. The summed E-state index contributed by atoms with van der Waals surface area (Å²) in [5.74, 6) is 0.324. The molecule has 4 aromatic rings. The molecule has 4 heterocycles. The number of halogens is 2. The Kier molecular flexibility index (Phi) is 7.99. The number of fused-ring (bicyclic) bond motifs is 4. The molecule has 0 aliphatic carbocycles. The molecule has 3 aliphatic heterocycles. The van der Waals surface area contributed by atoms with Crippen molar-refractivity contribution in [1.29, 1.82) is 0 Å². The first kappa shape index (κ1) is 29.5. The van der Waals surface area contributed by atoms with Gasteiger partial charge in [0.1, 0.15) is 17.1 Å². The van der Waals surface area contributed by atoms with Gasteiger partial charge in [-0.1, -0.05) is 42.8 Å². The van der Waals surface area contributed by atoms with Crippen molar-refractivity contribution in [2.24, 2.45) is 5.92 Å². The Balaban J connectivity index is 1.27. The number of aromatic nitrogens is 2. The third-order valence-corrected chi connectivity index (χ3v) is 9.33. The van der Waals surface area contributed by atoms with Gasteiger partial charge in [0.2, 0.25) is 0 Å². The van der Waals surface area contributed by atoms with Crippen LogP contribution in [-0.2, 0) is 4.74 Å². The van der Waals surface area contributed by atoms with E-state index in [2.05, 4.69) is 40.9 Å². The minimum Gasteiger partial charge on any atom is -0.508 e. The van der Waals surface area contributed by atoms with Crippen LogP contribution in [0.15, 0.2) is 42.5 Å². The molecular formula is C34H39ClFN5O3. The van der Waals surface area contributed by atoms with Gasteiger partial charge in [-0.25, -0.2) is 4.39 Å². The molecule has 232 valence electrons. The highest BCUT2D eigenvalue weighted by atomic mass is 35.5. The highest BCUT2D eigenvalue weighted by Gasteiger charge is 2.34. The molecule has 3 aromatic carbocycles. The molecule has 8 nitrogen and oxygen atoms in total. The Bertz CT molecular complexity index is 1680. The lowest BCUT2D eigenvalue weighted by atomic mass is 9.96. The molecule has 10 heteroatoms. The van der Waals surface area contributed by atoms with Gasteiger partial charge in [0.05, 0.1) is 23.8 Å². The molecule has 2 N–H and O–H groups in total. The van der Waals surface area contributed by atoms with Crippen molar-refractivity contribution in [2.45, 2.75) is 57.9 Å². The third-order valence-electron chi connectivity index (χ3n) is 9.04. The van der Waals surface area contributed by atoms with Crippen molar-refractivity contribution in [3.05, 3.63) is 53.3 Å². The molecule has 3 fully saturated rings. The van der Waals surface area contributed by atoms with Gasteiger partial charge in [-0.05, 0) is 61.2 Å². The third kappa shape index (κ3) is 5.78. The number of anilines is 1. The summed E-state index contributed by atoms with van der Waals surface area (Å²) in [6, 6.07) is 13.4. The quantitative estimate of drug-likeness (QED) is 0.260. The van der Waals surface area contributed by atoms with Crippen LogP contribution in [-0.4, -0.2) is 83.6 Å². The number of ether oxygens (including phenoxy) is 2. The van der Waals surface area contributed by atoms with E-state index in [-0.39, 0.29) is 46.0 Å². The van der Waals surface area contributed by atoms with Crippen LogP contribution in [0.5, 0.6) is 11.8 Å². The number of phenols is 1. The van der Waals surface area contributed by atoms with Crippen molar-refractivity contribution in [3.63, 3.8) is 0 Å². The fourth-order valence-electron chi connectivity index (χ4n) is 7.33. The summed E-state index contributed by atoms with van der Waals surface area (Å²) < 4.78 is 28.9. The summed E-state index contributed by atoms with van der Waals surface area (Å²) in [5, 5.41) is 16.5. The second-order valence-electron chi connectivity index (χ2n) is 12.9. The maximum absolute atomic E-state index is 16.8. The summed E-state index contributed by atoms with van der Waals surface area (Å²) in [6.07, 6.45) is 2.60. The highest BCUT2D eigenvalue weighted by Crippen LogP contribution is 2.43. The van der Waals surface area contributed by atoms with E-state index >= 15 is 4.39 Å². The summed E-state index contributed by atoms with van der Waals surface area (Å²) in [6.45, 7) is 10.9. The SMILES string of the molecule is C[C@@H](COc1nc(N2CC3CCC(C2)N3)c2cc(Cl)c(-c3cc(O)cc4ccccc34)c(F)c2n1)CN1C[C@@H](C)O[C@H](C)C1. The zero-order valence-corrected chi connectivity index (χ0v) is 26.1. The van der Waals surface area contributed by atoms with Gasteiger partial charge in [0, 0.05) is 61.7 Å². The van der Waals surface area contributed by atoms with Crippen LogP contribution in [0.1, 0.15) is 33.6 Å². The first-order valence-electron chi connectivity index (χ1n) is 15.6. The normalized spacial score (nSPS) is 24.7. The molecule has 5 atom stereocenters. The molecule has 3 saturated heterocycles. The number of aromatic hydroxyl groups is 1. The predicted molar refractivity (Wildman–Crippen MR) is 172 cm³/mol. The maximum Gasteiger partial charge on any atom is 0.319 e. The van der Waals surface area contributed by atoms with Crippen LogP contribution in [0.2, 0.25) is 5.02 Å². The molecule has 2 bridgehead atoms. The molecule has 1 aromatic heterocycles. The van der Waals surface area contributed by atoms with E-state index in [1.165, 1.54) is 0 Å². The zero-order valence-electron chi connectivity index (χ0n) is 25.4. The van der Waals surface area contributed by atoms with Gasteiger partial charge < -0.3 is 24.8 Å². The van der Waals surface area contributed by atoms with Crippen molar-refractivity contribution in [3.8, 4) is 22.9 Å². The maximum atomic E-state index is 16.8. The number of piperazine rings is 1. The van der Waals surface area contributed by atoms with Crippen LogP contribution >= 0.6 is 11.6 Å². The fraction of sp³-hybridized carbons (Fsp3) is 0.471. The first-order valence-corrected chi connectivity index (χ1v) is 16.0. The van der Waals surface area contributed by atoms with E-state index in [1.54, 1.807) is 18.2 Å². The standard InChI is InChI=1S/C34H39ClFN5O3/c1-19(13-40-14-20(2)44-21(3)15-40)18-43-34-38-32-28(33(39-34)41-16-23-8-9-24(17-41)37-23)12-29(35)30(31(32)36)27-11-25(42)10-22-6-4-5-7-26(22)27/h4-7,10-12,19-21,23-24,37,42H,8-9,13-18H2,1-3H3/t19-,20-,21-,23?,24?/m1/s1. The van der Waals surface area contributed by atoms with E-state index < -0.39 is 5.82 Å². The van der Waals surface area contributed by atoms with Gasteiger partial charge in [0.15, 0.2) is 5.82 Å². The monoisotopic (exact) mass is 619 g/mol. The molecule has 0 saturated carbocycles. The molecule has 0 spiro atoms. The number of hydrogen-bond acceptors (Lipinski definition) is 8. The number of rotatable bonds is 7. The predicted octanol–water partition coefficient (Wildman–Crippen LogP) is 6.01. The van der Waals surface area contributed by atoms with Gasteiger partial charge in [-0.15, -0.1) is 0 Å². The van der Waals surface area contributed by atoms with E-state index in [1.807, 2.05) is 24.3 Å².